The molecular formula is C20H26N4O3S2. The number of fused-ring (bicyclic) bond motifs is 3. The number of amides is 3. The van der Waals surface area contributed by atoms with Gasteiger partial charge in [-0.1, -0.05) is 24.6 Å². The molecule has 2 heterocycles. The number of carbonyl (C=O) groups is 2. The lowest BCUT2D eigenvalue weighted by Gasteiger charge is -2.20. The van der Waals surface area contributed by atoms with Crippen LogP contribution >= 0.6 is 23.1 Å². The predicted molar refractivity (Wildman–Crippen MR) is 116 cm³/mol. The number of aryl methyl sites for hydroxylation is 2. The van der Waals surface area contributed by atoms with Crippen LogP contribution in [0.2, 0.25) is 0 Å². The minimum absolute atomic E-state index is 0.0442. The number of nitrogens with zero attached hydrogens (tertiary/aromatic N) is 2. The third-order valence-corrected chi connectivity index (χ3v) is 8.05. The summed E-state index contributed by atoms with van der Waals surface area (Å²) in [5, 5.41) is 5.53. The number of urea groups is 1. The first-order valence-electron chi connectivity index (χ1n) is 10.3. The Labute approximate surface area is 177 Å². The van der Waals surface area contributed by atoms with Gasteiger partial charge in [0.1, 0.15) is 4.83 Å². The van der Waals surface area contributed by atoms with E-state index in [4.69, 9.17) is 4.98 Å². The van der Waals surface area contributed by atoms with Gasteiger partial charge in [-0.25, -0.2) is 9.78 Å². The van der Waals surface area contributed by atoms with Crippen molar-refractivity contribution in [2.75, 3.05) is 7.05 Å². The summed E-state index contributed by atoms with van der Waals surface area (Å²) in [5.74, 6) is -0.396. The highest BCUT2D eigenvalue weighted by molar-refractivity contribution is 8.00. The van der Waals surface area contributed by atoms with Gasteiger partial charge in [-0.15, -0.1) is 11.3 Å². The molecule has 2 aromatic rings. The maximum Gasteiger partial charge on any atom is 0.321 e. The van der Waals surface area contributed by atoms with Crippen molar-refractivity contribution in [3.8, 4) is 0 Å². The van der Waals surface area contributed by atoms with E-state index in [-0.39, 0.29) is 11.6 Å². The van der Waals surface area contributed by atoms with Crippen molar-refractivity contribution >= 4 is 45.3 Å². The molecule has 0 aliphatic heterocycles. The summed E-state index contributed by atoms with van der Waals surface area (Å²) in [6, 6.07) is -0.403. The number of carbonyl (C=O) groups excluding carboxylic acids is 2. The van der Waals surface area contributed by atoms with Crippen molar-refractivity contribution in [2.45, 2.75) is 74.7 Å². The van der Waals surface area contributed by atoms with Crippen LogP contribution in [0.25, 0.3) is 10.2 Å². The highest BCUT2D eigenvalue weighted by Gasteiger charge is 2.28. The summed E-state index contributed by atoms with van der Waals surface area (Å²) in [6.45, 7) is 1.73. The molecule has 2 aromatic heterocycles. The monoisotopic (exact) mass is 434 g/mol. The molecule has 1 fully saturated rings. The van der Waals surface area contributed by atoms with Crippen LogP contribution in [0.3, 0.4) is 0 Å². The lowest BCUT2D eigenvalue weighted by atomic mass is 9.97. The van der Waals surface area contributed by atoms with Crippen LogP contribution in [0, 0.1) is 0 Å². The summed E-state index contributed by atoms with van der Waals surface area (Å²) in [5.41, 5.74) is 1.24. The lowest BCUT2D eigenvalue weighted by molar-refractivity contribution is -0.119. The van der Waals surface area contributed by atoms with E-state index >= 15 is 0 Å². The van der Waals surface area contributed by atoms with Crippen LogP contribution in [-0.2, 0) is 17.6 Å². The zero-order chi connectivity index (χ0) is 20.5. The number of nitrogens with one attached hydrogen (secondary N) is 2. The Kier molecular flexibility index (Phi) is 5.96. The Morgan fingerprint density at radius 2 is 1.93 bits per heavy atom. The topological polar surface area (TPSA) is 93.1 Å². The normalized spacial score (nSPS) is 17.9. The Balaban J connectivity index is 1.75. The third kappa shape index (κ3) is 3.94. The fraction of sp³-hybridized carbons (Fsp3) is 0.600. The van der Waals surface area contributed by atoms with Crippen molar-refractivity contribution in [1.82, 2.24) is 20.2 Å². The van der Waals surface area contributed by atoms with Crippen molar-refractivity contribution in [1.29, 1.82) is 0 Å². The van der Waals surface area contributed by atoms with Crippen molar-refractivity contribution in [3.05, 3.63) is 20.8 Å². The molecule has 0 spiro atoms. The quantitative estimate of drug-likeness (QED) is 0.568. The van der Waals surface area contributed by atoms with Crippen LogP contribution in [0.1, 0.15) is 61.9 Å². The lowest BCUT2D eigenvalue weighted by Crippen LogP contribution is -2.41. The van der Waals surface area contributed by atoms with Crippen molar-refractivity contribution in [2.24, 2.45) is 0 Å². The van der Waals surface area contributed by atoms with Crippen LogP contribution < -0.4 is 16.2 Å². The summed E-state index contributed by atoms with van der Waals surface area (Å²) >= 11 is 2.89. The van der Waals surface area contributed by atoms with Gasteiger partial charge in [0.15, 0.2) is 5.16 Å². The van der Waals surface area contributed by atoms with Gasteiger partial charge in [-0.05, 0) is 51.0 Å². The second-order valence-electron chi connectivity index (χ2n) is 7.73. The molecule has 0 radical (unpaired) electrons. The number of thiophene rings is 1. The Bertz CT molecular complexity index is 1010. The van der Waals surface area contributed by atoms with Crippen molar-refractivity contribution in [3.63, 3.8) is 0 Å². The molecular weight excluding hydrogens is 408 g/mol. The second-order valence-corrected chi connectivity index (χ2v) is 10.1. The molecule has 7 nitrogen and oxygen atoms in total. The van der Waals surface area contributed by atoms with E-state index in [0.717, 1.165) is 61.6 Å². The van der Waals surface area contributed by atoms with E-state index in [9.17, 15) is 14.4 Å². The SMILES string of the molecule is CNC(=O)NC(=O)C(C)Sc1nc2sc3c(c2c(=O)n1C1CCCC1)CCCC3. The summed E-state index contributed by atoms with van der Waals surface area (Å²) in [6.07, 6.45) is 8.39. The van der Waals surface area contributed by atoms with Gasteiger partial charge in [-0.3, -0.25) is 19.5 Å². The van der Waals surface area contributed by atoms with Gasteiger partial charge >= 0.3 is 6.03 Å². The highest BCUT2D eigenvalue weighted by atomic mass is 32.2. The summed E-state index contributed by atoms with van der Waals surface area (Å²) < 4.78 is 1.84. The molecule has 0 bridgehead atoms. The average molecular weight is 435 g/mol. The molecule has 29 heavy (non-hydrogen) atoms. The maximum atomic E-state index is 13.6. The molecule has 0 aromatic carbocycles. The van der Waals surface area contributed by atoms with Crippen LogP contribution in [0.4, 0.5) is 4.79 Å². The second kappa shape index (κ2) is 8.47. The standard InChI is InChI=1S/C20H26N4O3S2/c1-11(16(25)22-19(27)21-2)28-20-23-17-15(13-9-5-6-10-14(13)29-17)18(26)24(20)12-7-3-4-8-12/h11-12H,3-10H2,1-2H3,(H2,21,22,25,27). The number of thioether (sulfide) groups is 1. The largest absolute Gasteiger partial charge is 0.341 e. The number of imide groups is 1. The maximum absolute atomic E-state index is 13.6. The molecule has 1 unspecified atom stereocenters. The first kappa shape index (κ1) is 20.4. The molecule has 0 saturated heterocycles. The molecule has 156 valence electrons. The molecule has 1 atom stereocenters. The van der Waals surface area contributed by atoms with Crippen LogP contribution in [-0.4, -0.2) is 33.8 Å². The van der Waals surface area contributed by atoms with E-state index in [1.165, 1.54) is 29.3 Å². The summed E-state index contributed by atoms with van der Waals surface area (Å²) in [4.78, 5) is 44.4. The Morgan fingerprint density at radius 3 is 2.66 bits per heavy atom. The van der Waals surface area contributed by atoms with E-state index in [1.807, 2.05) is 4.57 Å². The Morgan fingerprint density at radius 1 is 1.21 bits per heavy atom. The molecule has 2 aliphatic rings. The van der Waals surface area contributed by atoms with Gasteiger partial charge in [0.2, 0.25) is 5.91 Å². The fourth-order valence-corrected chi connectivity index (χ4v) is 6.54. The minimum Gasteiger partial charge on any atom is -0.341 e. The zero-order valence-electron chi connectivity index (χ0n) is 16.7. The zero-order valence-corrected chi connectivity index (χ0v) is 18.4. The number of aromatic nitrogens is 2. The number of hydrogen-bond donors (Lipinski definition) is 2. The van der Waals surface area contributed by atoms with E-state index in [1.54, 1.807) is 18.3 Å². The molecule has 9 heteroatoms. The predicted octanol–water partition coefficient (Wildman–Crippen LogP) is 3.39. The van der Waals surface area contributed by atoms with Gasteiger partial charge < -0.3 is 5.32 Å². The molecule has 2 aliphatic carbocycles. The average Bonchev–Trinajstić information content (AvgIpc) is 3.35. The molecule has 2 N–H and O–H groups in total. The van der Waals surface area contributed by atoms with Gasteiger partial charge in [-0.2, -0.15) is 0 Å². The molecule has 3 amide bonds. The van der Waals surface area contributed by atoms with Gasteiger partial charge in [0.05, 0.1) is 10.6 Å². The van der Waals surface area contributed by atoms with Crippen LogP contribution in [0.15, 0.2) is 9.95 Å². The number of rotatable bonds is 4. The highest BCUT2D eigenvalue weighted by Crippen LogP contribution is 2.38. The van der Waals surface area contributed by atoms with Crippen LogP contribution in [0.5, 0.6) is 0 Å². The van der Waals surface area contributed by atoms with E-state index < -0.39 is 17.2 Å². The minimum atomic E-state index is -0.543. The third-order valence-electron chi connectivity index (χ3n) is 5.79. The van der Waals surface area contributed by atoms with Gasteiger partial charge in [0, 0.05) is 18.0 Å². The van der Waals surface area contributed by atoms with E-state index in [0.29, 0.717) is 5.16 Å². The number of hydrogen-bond acceptors (Lipinski definition) is 6. The molecule has 1 saturated carbocycles. The first-order valence-corrected chi connectivity index (χ1v) is 11.9. The smallest absolute Gasteiger partial charge is 0.321 e. The first-order chi connectivity index (χ1) is 14.0. The fourth-order valence-electron chi connectivity index (χ4n) is 4.25. The van der Waals surface area contributed by atoms with Gasteiger partial charge in [0.25, 0.3) is 5.56 Å². The van der Waals surface area contributed by atoms with E-state index in [2.05, 4.69) is 10.6 Å². The Hall–Kier alpha value is -1.87. The van der Waals surface area contributed by atoms with Crippen molar-refractivity contribution < 1.29 is 9.59 Å². The summed E-state index contributed by atoms with van der Waals surface area (Å²) in [7, 11) is 1.46. The molecule has 4 rings (SSSR count).